The van der Waals surface area contributed by atoms with Crippen LogP contribution in [-0.4, -0.2) is 64.1 Å². The molecular formula is C14H30N2O2. The van der Waals surface area contributed by atoms with Gasteiger partial charge in [-0.3, -0.25) is 4.90 Å². The summed E-state index contributed by atoms with van der Waals surface area (Å²) in [6.45, 7) is 18.0. The lowest BCUT2D eigenvalue weighted by Crippen LogP contribution is -2.34. The van der Waals surface area contributed by atoms with Gasteiger partial charge < -0.3 is 14.8 Å². The maximum absolute atomic E-state index is 5.41. The zero-order valence-corrected chi connectivity index (χ0v) is 12.3. The molecule has 18 heavy (non-hydrogen) atoms. The van der Waals surface area contributed by atoms with Crippen molar-refractivity contribution >= 4 is 0 Å². The van der Waals surface area contributed by atoms with Gasteiger partial charge in [0.2, 0.25) is 0 Å². The van der Waals surface area contributed by atoms with Gasteiger partial charge in [0.15, 0.2) is 0 Å². The van der Waals surface area contributed by atoms with Crippen LogP contribution in [0, 0.1) is 0 Å². The second-order valence-electron chi connectivity index (χ2n) is 4.20. The third kappa shape index (κ3) is 10.7. The largest absolute Gasteiger partial charge is 0.380 e. The van der Waals surface area contributed by atoms with Crippen molar-refractivity contribution in [3.63, 3.8) is 0 Å². The van der Waals surface area contributed by atoms with Gasteiger partial charge in [-0.2, -0.15) is 0 Å². The van der Waals surface area contributed by atoms with Crippen LogP contribution in [0.2, 0.25) is 0 Å². The van der Waals surface area contributed by atoms with E-state index in [0.717, 1.165) is 59.2 Å². The fourth-order valence-electron chi connectivity index (χ4n) is 1.62. The molecule has 0 aliphatic rings. The van der Waals surface area contributed by atoms with Gasteiger partial charge in [0.1, 0.15) is 0 Å². The summed E-state index contributed by atoms with van der Waals surface area (Å²) in [6.07, 6.45) is 0. The highest BCUT2D eigenvalue weighted by atomic mass is 16.5. The fraction of sp³-hybridized carbons (Fsp3) is 0.857. The lowest BCUT2D eigenvalue weighted by molar-refractivity contribution is 0.0866. The van der Waals surface area contributed by atoms with Gasteiger partial charge in [-0.25, -0.2) is 0 Å². The van der Waals surface area contributed by atoms with Crippen LogP contribution in [0.15, 0.2) is 12.2 Å². The summed E-state index contributed by atoms with van der Waals surface area (Å²) in [4.78, 5) is 2.34. The van der Waals surface area contributed by atoms with Crippen molar-refractivity contribution in [2.24, 2.45) is 0 Å². The maximum Gasteiger partial charge on any atom is 0.0593 e. The van der Waals surface area contributed by atoms with Gasteiger partial charge in [0.05, 0.1) is 13.2 Å². The van der Waals surface area contributed by atoms with E-state index in [9.17, 15) is 0 Å². The smallest absolute Gasteiger partial charge is 0.0593 e. The van der Waals surface area contributed by atoms with E-state index in [1.807, 2.05) is 13.8 Å². The first kappa shape index (κ1) is 17.6. The molecule has 0 rings (SSSR count). The zero-order valence-electron chi connectivity index (χ0n) is 12.3. The summed E-state index contributed by atoms with van der Waals surface area (Å²) in [5.41, 5.74) is 1.21. The van der Waals surface area contributed by atoms with Gasteiger partial charge in [0, 0.05) is 39.4 Å². The molecule has 108 valence electrons. The molecule has 0 unspecified atom stereocenters. The predicted octanol–water partition coefficient (Wildman–Crippen LogP) is 1.53. The quantitative estimate of drug-likeness (QED) is 0.401. The van der Waals surface area contributed by atoms with Crippen molar-refractivity contribution < 1.29 is 9.47 Å². The molecule has 0 atom stereocenters. The second-order valence-corrected chi connectivity index (χ2v) is 4.20. The van der Waals surface area contributed by atoms with Crippen molar-refractivity contribution in [1.82, 2.24) is 10.2 Å². The number of hydrogen-bond acceptors (Lipinski definition) is 4. The molecule has 0 aromatic carbocycles. The van der Waals surface area contributed by atoms with Crippen LogP contribution in [-0.2, 0) is 9.47 Å². The number of ether oxygens (including phenoxy) is 2. The third-order valence-electron chi connectivity index (χ3n) is 2.58. The van der Waals surface area contributed by atoms with Gasteiger partial charge >= 0.3 is 0 Å². The van der Waals surface area contributed by atoms with E-state index in [0.29, 0.717) is 0 Å². The van der Waals surface area contributed by atoms with E-state index in [1.165, 1.54) is 5.57 Å². The summed E-state index contributed by atoms with van der Waals surface area (Å²) in [5, 5.41) is 3.30. The highest BCUT2D eigenvalue weighted by Crippen LogP contribution is 1.97. The first-order valence-electron chi connectivity index (χ1n) is 6.99. The molecule has 4 heteroatoms. The average molecular weight is 258 g/mol. The molecule has 0 radical (unpaired) electrons. The highest BCUT2D eigenvalue weighted by Gasteiger charge is 2.06. The predicted molar refractivity (Wildman–Crippen MR) is 77.1 cm³/mol. The zero-order chi connectivity index (χ0) is 13.6. The number of rotatable bonds is 13. The van der Waals surface area contributed by atoms with E-state index >= 15 is 0 Å². The van der Waals surface area contributed by atoms with Crippen LogP contribution in [0.5, 0.6) is 0 Å². The van der Waals surface area contributed by atoms with Crippen LogP contribution in [0.1, 0.15) is 20.8 Å². The summed E-state index contributed by atoms with van der Waals surface area (Å²) in [7, 11) is 0. The summed E-state index contributed by atoms with van der Waals surface area (Å²) < 4.78 is 10.8. The Morgan fingerprint density at radius 2 is 1.61 bits per heavy atom. The van der Waals surface area contributed by atoms with E-state index in [2.05, 4.69) is 23.7 Å². The molecule has 4 nitrogen and oxygen atoms in total. The monoisotopic (exact) mass is 258 g/mol. The standard InChI is InChI=1S/C14H30N2O2/c1-5-15-12-14(4)13-16(8-10-17-6-2)9-11-18-7-3/h15H,4-13H2,1-3H3. The van der Waals surface area contributed by atoms with Crippen molar-refractivity contribution in [2.45, 2.75) is 20.8 Å². The summed E-state index contributed by atoms with van der Waals surface area (Å²) >= 11 is 0. The Hall–Kier alpha value is -0.420. The lowest BCUT2D eigenvalue weighted by Gasteiger charge is -2.23. The Balaban J connectivity index is 3.89. The molecule has 0 saturated carbocycles. The first-order valence-corrected chi connectivity index (χ1v) is 6.99. The molecule has 0 fully saturated rings. The topological polar surface area (TPSA) is 33.7 Å². The number of hydrogen-bond donors (Lipinski definition) is 1. The molecule has 0 aliphatic carbocycles. The Bertz CT molecular complexity index is 188. The Morgan fingerprint density at radius 1 is 1.06 bits per heavy atom. The average Bonchev–Trinajstić information content (AvgIpc) is 2.36. The van der Waals surface area contributed by atoms with Crippen molar-refractivity contribution in [3.8, 4) is 0 Å². The molecule has 0 heterocycles. The summed E-state index contributed by atoms with van der Waals surface area (Å²) in [6, 6.07) is 0. The molecule has 0 amide bonds. The van der Waals surface area contributed by atoms with E-state index in [-0.39, 0.29) is 0 Å². The van der Waals surface area contributed by atoms with E-state index < -0.39 is 0 Å². The van der Waals surface area contributed by atoms with Crippen LogP contribution < -0.4 is 5.32 Å². The van der Waals surface area contributed by atoms with Crippen molar-refractivity contribution in [1.29, 1.82) is 0 Å². The van der Waals surface area contributed by atoms with Crippen LogP contribution in [0.25, 0.3) is 0 Å². The van der Waals surface area contributed by atoms with Gasteiger partial charge in [-0.05, 0) is 26.0 Å². The van der Waals surface area contributed by atoms with Crippen molar-refractivity contribution in [2.75, 3.05) is 59.2 Å². The molecule has 0 aliphatic heterocycles. The molecule has 0 aromatic heterocycles. The van der Waals surface area contributed by atoms with Crippen LogP contribution in [0.3, 0.4) is 0 Å². The molecule has 0 bridgehead atoms. The minimum Gasteiger partial charge on any atom is -0.380 e. The number of nitrogens with one attached hydrogen (secondary N) is 1. The van der Waals surface area contributed by atoms with E-state index in [1.54, 1.807) is 0 Å². The Morgan fingerprint density at radius 3 is 2.06 bits per heavy atom. The minimum atomic E-state index is 0.775. The van der Waals surface area contributed by atoms with Gasteiger partial charge in [-0.15, -0.1) is 0 Å². The van der Waals surface area contributed by atoms with Crippen LogP contribution >= 0.6 is 0 Å². The second kappa shape index (κ2) is 13.0. The number of likely N-dealkylation sites (N-methyl/N-ethyl adjacent to an activating group) is 1. The Kier molecular flexibility index (Phi) is 12.7. The SMILES string of the molecule is C=C(CNCC)CN(CCOCC)CCOCC. The third-order valence-corrected chi connectivity index (χ3v) is 2.58. The molecule has 0 spiro atoms. The summed E-state index contributed by atoms with van der Waals surface area (Å²) in [5.74, 6) is 0. The van der Waals surface area contributed by atoms with Gasteiger partial charge in [-0.1, -0.05) is 13.5 Å². The lowest BCUT2D eigenvalue weighted by atomic mass is 10.2. The fourth-order valence-corrected chi connectivity index (χ4v) is 1.62. The van der Waals surface area contributed by atoms with Crippen molar-refractivity contribution in [3.05, 3.63) is 12.2 Å². The van der Waals surface area contributed by atoms with Gasteiger partial charge in [0.25, 0.3) is 0 Å². The first-order chi connectivity index (χ1) is 8.74. The maximum atomic E-state index is 5.41. The van der Waals surface area contributed by atoms with E-state index in [4.69, 9.17) is 9.47 Å². The molecule has 1 N–H and O–H groups in total. The molecule has 0 saturated heterocycles. The normalized spacial score (nSPS) is 11.1. The minimum absolute atomic E-state index is 0.775. The highest BCUT2D eigenvalue weighted by molar-refractivity contribution is 4.99. The number of nitrogens with zero attached hydrogens (tertiary/aromatic N) is 1. The van der Waals surface area contributed by atoms with Crippen LogP contribution in [0.4, 0.5) is 0 Å². The Labute approximate surface area is 112 Å². The molecule has 0 aromatic rings. The molecular weight excluding hydrogens is 228 g/mol.